The van der Waals surface area contributed by atoms with Crippen LogP contribution in [0.2, 0.25) is 0 Å². The molecule has 132 valence electrons. The molecule has 1 atom stereocenters. The summed E-state index contributed by atoms with van der Waals surface area (Å²) in [5.41, 5.74) is 1.82. The zero-order valence-corrected chi connectivity index (χ0v) is 14.5. The van der Waals surface area contributed by atoms with Crippen molar-refractivity contribution >= 4 is 5.91 Å². The summed E-state index contributed by atoms with van der Waals surface area (Å²) in [6.07, 6.45) is 3.55. The highest BCUT2D eigenvalue weighted by Gasteiger charge is 2.26. The molecule has 1 amide bonds. The van der Waals surface area contributed by atoms with E-state index < -0.39 is 0 Å². The van der Waals surface area contributed by atoms with Gasteiger partial charge in [0.25, 0.3) is 5.91 Å². The van der Waals surface area contributed by atoms with Gasteiger partial charge in [-0.05, 0) is 61.8 Å². The van der Waals surface area contributed by atoms with Crippen LogP contribution >= 0.6 is 0 Å². The molecule has 1 heterocycles. The molecule has 0 aliphatic carbocycles. The Labute approximate surface area is 148 Å². The number of carbonyl (C=O) groups excluding carboxylic acids is 1. The number of phenols is 1. The van der Waals surface area contributed by atoms with Crippen LogP contribution in [0.5, 0.6) is 5.75 Å². The molecule has 1 aliphatic heterocycles. The lowest BCUT2D eigenvalue weighted by Gasteiger charge is -2.33. The molecule has 1 fully saturated rings. The number of amides is 1. The first-order chi connectivity index (χ1) is 12.1. The molecule has 2 aromatic rings. The number of rotatable bonds is 4. The third kappa shape index (κ3) is 4.01. The number of benzene rings is 2. The van der Waals surface area contributed by atoms with Gasteiger partial charge in [0, 0.05) is 13.1 Å². The molecule has 3 nitrogen and oxygen atoms in total. The monoisotopic (exact) mass is 341 g/mol. The van der Waals surface area contributed by atoms with Crippen LogP contribution in [0, 0.1) is 18.7 Å². The van der Waals surface area contributed by atoms with Crippen molar-refractivity contribution in [2.75, 3.05) is 13.1 Å². The quantitative estimate of drug-likeness (QED) is 0.899. The van der Waals surface area contributed by atoms with E-state index >= 15 is 0 Å². The maximum absolute atomic E-state index is 13.8. The van der Waals surface area contributed by atoms with Crippen LogP contribution < -0.4 is 0 Å². The van der Waals surface area contributed by atoms with E-state index in [4.69, 9.17) is 0 Å². The number of halogens is 1. The van der Waals surface area contributed by atoms with Crippen LogP contribution in [0.15, 0.2) is 42.5 Å². The van der Waals surface area contributed by atoms with E-state index in [0.29, 0.717) is 36.6 Å². The molecular weight excluding hydrogens is 317 g/mol. The van der Waals surface area contributed by atoms with Crippen LogP contribution in [0.1, 0.15) is 40.7 Å². The fourth-order valence-corrected chi connectivity index (χ4v) is 3.55. The maximum atomic E-state index is 13.8. The Bertz CT molecular complexity index is 759. The van der Waals surface area contributed by atoms with Crippen LogP contribution in [-0.4, -0.2) is 29.0 Å². The Morgan fingerprint density at radius 1 is 1.24 bits per heavy atom. The molecule has 1 aliphatic rings. The molecule has 2 aromatic carbocycles. The van der Waals surface area contributed by atoms with Gasteiger partial charge >= 0.3 is 0 Å². The van der Waals surface area contributed by atoms with Crippen LogP contribution in [0.25, 0.3) is 0 Å². The van der Waals surface area contributed by atoms with Crippen molar-refractivity contribution in [1.29, 1.82) is 0 Å². The highest BCUT2D eigenvalue weighted by atomic mass is 19.1. The lowest BCUT2D eigenvalue weighted by molar-refractivity contribution is 0.0665. The van der Waals surface area contributed by atoms with Crippen molar-refractivity contribution in [2.45, 2.75) is 32.6 Å². The van der Waals surface area contributed by atoms with Gasteiger partial charge < -0.3 is 10.0 Å². The van der Waals surface area contributed by atoms with Gasteiger partial charge in [0.2, 0.25) is 0 Å². The molecule has 4 heteroatoms. The summed E-state index contributed by atoms with van der Waals surface area (Å²) >= 11 is 0. The zero-order valence-electron chi connectivity index (χ0n) is 14.5. The van der Waals surface area contributed by atoms with Crippen LogP contribution in [0.4, 0.5) is 4.39 Å². The SMILES string of the molecule is Cc1cccc(C(=O)N2CCCC(CCc3ccccc3F)C2)c1O. The second-order valence-corrected chi connectivity index (χ2v) is 6.86. The lowest BCUT2D eigenvalue weighted by atomic mass is 9.91. The average Bonchev–Trinajstić information content (AvgIpc) is 2.63. The van der Waals surface area contributed by atoms with Crippen molar-refractivity contribution in [1.82, 2.24) is 4.90 Å². The summed E-state index contributed by atoms with van der Waals surface area (Å²) in [4.78, 5) is 14.6. The summed E-state index contributed by atoms with van der Waals surface area (Å²) in [5.74, 6) is 0.165. The molecule has 0 spiro atoms. The summed E-state index contributed by atoms with van der Waals surface area (Å²) in [6.45, 7) is 3.17. The number of aryl methyl sites for hydroxylation is 2. The Balaban J connectivity index is 1.64. The predicted octanol–water partition coefficient (Wildman–Crippen LogP) is 4.32. The Morgan fingerprint density at radius 2 is 2.04 bits per heavy atom. The molecule has 0 bridgehead atoms. The number of phenolic OH excluding ortho intramolecular Hbond substituents is 1. The van der Waals surface area contributed by atoms with E-state index in [9.17, 15) is 14.3 Å². The lowest BCUT2D eigenvalue weighted by Crippen LogP contribution is -2.40. The first kappa shape index (κ1) is 17.5. The van der Waals surface area contributed by atoms with Crippen molar-refractivity contribution in [2.24, 2.45) is 5.92 Å². The van der Waals surface area contributed by atoms with E-state index in [0.717, 1.165) is 24.8 Å². The van der Waals surface area contributed by atoms with Crippen molar-refractivity contribution in [3.05, 3.63) is 65.0 Å². The molecule has 0 saturated carbocycles. The zero-order chi connectivity index (χ0) is 17.8. The normalized spacial score (nSPS) is 17.5. The number of aromatic hydroxyl groups is 1. The number of para-hydroxylation sites is 1. The van der Waals surface area contributed by atoms with Crippen molar-refractivity contribution in [3.8, 4) is 5.75 Å². The Hall–Kier alpha value is -2.36. The fraction of sp³-hybridized carbons (Fsp3) is 0.381. The number of hydrogen-bond donors (Lipinski definition) is 1. The van der Waals surface area contributed by atoms with E-state index in [1.807, 2.05) is 17.0 Å². The molecule has 1 saturated heterocycles. The summed E-state index contributed by atoms with van der Waals surface area (Å²) in [6, 6.07) is 12.1. The summed E-state index contributed by atoms with van der Waals surface area (Å²) in [7, 11) is 0. The minimum Gasteiger partial charge on any atom is -0.507 e. The third-order valence-electron chi connectivity index (χ3n) is 5.05. The molecule has 0 aromatic heterocycles. The molecule has 3 rings (SSSR count). The number of hydrogen-bond acceptors (Lipinski definition) is 2. The van der Waals surface area contributed by atoms with Crippen molar-refractivity contribution < 1.29 is 14.3 Å². The highest BCUT2D eigenvalue weighted by Crippen LogP contribution is 2.27. The number of piperidine rings is 1. The van der Waals surface area contributed by atoms with Gasteiger partial charge in [0.15, 0.2) is 0 Å². The van der Waals surface area contributed by atoms with Gasteiger partial charge in [0.05, 0.1) is 5.56 Å². The van der Waals surface area contributed by atoms with Crippen LogP contribution in [-0.2, 0) is 6.42 Å². The molecule has 1 unspecified atom stereocenters. The molecule has 25 heavy (non-hydrogen) atoms. The number of nitrogens with zero attached hydrogens (tertiary/aromatic N) is 1. The summed E-state index contributed by atoms with van der Waals surface area (Å²) in [5, 5.41) is 10.2. The third-order valence-corrected chi connectivity index (χ3v) is 5.05. The van der Waals surface area contributed by atoms with Gasteiger partial charge in [-0.3, -0.25) is 4.79 Å². The second kappa shape index (κ2) is 7.68. The minimum absolute atomic E-state index is 0.0704. The maximum Gasteiger partial charge on any atom is 0.257 e. The molecule has 0 radical (unpaired) electrons. The number of carbonyl (C=O) groups is 1. The van der Waals surface area contributed by atoms with E-state index in [-0.39, 0.29) is 17.5 Å². The van der Waals surface area contributed by atoms with Gasteiger partial charge in [-0.2, -0.15) is 0 Å². The van der Waals surface area contributed by atoms with Gasteiger partial charge in [-0.1, -0.05) is 30.3 Å². The Morgan fingerprint density at radius 3 is 2.84 bits per heavy atom. The predicted molar refractivity (Wildman–Crippen MR) is 96.2 cm³/mol. The van der Waals surface area contributed by atoms with E-state index in [2.05, 4.69) is 0 Å². The minimum atomic E-state index is -0.157. The van der Waals surface area contributed by atoms with Crippen LogP contribution in [0.3, 0.4) is 0 Å². The largest absolute Gasteiger partial charge is 0.507 e. The average molecular weight is 341 g/mol. The first-order valence-corrected chi connectivity index (χ1v) is 8.87. The topological polar surface area (TPSA) is 40.5 Å². The standard InChI is InChI=1S/C21H24FNO2/c1-15-6-4-9-18(20(15)24)21(25)23-13-5-7-16(14-23)11-12-17-8-2-3-10-19(17)22/h2-4,6,8-10,16,24H,5,7,11-14H2,1H3. The van der Waals surface area contributed by atoms with Crippen molar-refractivity contribution in [3.63, 3.8) is 0 Å². The summed E-state index contributed by atoms with van der Waals surface area (Å²) < 4.78 is 13.8. The van der Waals surface area contributed by atoms with E-state index in [1.54, 1.807) is 31.2 Å². The smallest absolute Gasteiger partial charge is 0.257 e. The molecular formula is C21H24FNO2. The second-order valence-electron chi connectivity index (χ2n) is 6.86. The first-order valence-electron chi connectivity index (χ1n) is 8.87. The van der Waals surface area contributed by atoms with E-state index in [1.165, 1.54) is 6.07 Å². The molecule has 1 N–H and O–H groups in total. The number of likely N-dealkylation sites (tertiary alicyclic amines) is 1. The van der Waals surface area contributed by atoms with Gasteiger partial charge in [-0.15, -0.1) is 0 Å². The Kier molecular flexibility index (Phi) is 5.37. The highest BCUT2D eigenvalue weighted by molar-refractivity contribution is 5.97. The van der Waals surface area contributed by atoms with Gasteiger partial charge in [0.1, 0.15) is 11.6 Å². The van der Waals surface area contributed by atoms with Gasteiger partial charge in [-0.25, -0.2) is 4.39 Å². The fourth-order valence-electron chi connectivity index (χ4n) is 3.55.